The molecule has 0 aromatic rings. The minimum atomic E-state index is -0.481. The van der Waals surface area contributed by atoms with Crippen molar-refractivity contribution in [2.24, 2.45) is 11.5 Å². The highest BCUT2D eigenvalue weighted by atomic mass is 16.5. The van der Waals surface area contributed by atoms with Crippen LogP contribution >= 0.6 is 0 Å². The van der Waals surface area contributed by atoms with Gasteiger partial charge in [0.05, 0.1) is 7.11 Å². The lowest BCUT2D eigenvalue weighted by molar-refractivity contribution is -0.138. The van der Waals surface area contributed by atoms with Crippen LogP contribution in [-0.4, -0.2) is 24.9 Å². The van der Waals surface area contributed by atoms with Crippen LogP contribution in [0, 0.1) is 0 Å². The number of hydrogen-bond donors (Lipinski definition) is 2. The first-order valence-electron chi connectivity index (χ1n) is 3.70. The molecule has 0 aliphatic heterocycles. The largest absolute Gasteiger partial charge is 0.469 e. The fourth-order valence-electron chi connectivity index (χ4n) is 0. The number of carbonyl (C=O) groups excluding carboxylic acids is 3. The first-order valence-corrected chi connectivity index (χ1v) is 3.70. The van der Waals surface area contributed by atoms with Gasteiger partial charge in [-0.1, -0.05) is 13.2 Å². The normalized spacial score (nSPS) is 6.53. The molecular weight excluding hydrogens is 200 g/mol. The summed E-state index contributed by atoms with van der Waals surface area (Å²) in [6, 6.07) is 0. The van der Waals surface area contributed by atoms with Crippen LogP contribution in [0.2, 0.25) is 0 Å². The second-order valence-electron chi connectivity index (χ2n) is 1.91. The Hall–Kier alpha value is -2.11. The molecule has 0 bridgehead atoms. The maximum Gasteiger partial charge on any atom is 0.302 e. The van der Waals surface area contributed by atoms with Gasteiger partial charge in [0.2, 0.25) is 11.8 Å². The van der Waals surface area contributed by atoms with Gasteiger partial charge in [-0.15, -0.1) is 0 Å². The number of primary amides is 2. The minimum absolute atomic E-state index is 0.245. The van der Waals surface area contributed by atoms with Crippen molar-refractivity contribution in [3.8, 4) is 0 Å². The summed E-state index contributed by atoms with van der Waals surface area (Å²) in [5.41, 5.74) is 9.07. The number of methoxy groups -OCH3 is 1. The van der Waals surface area contributed by atoms with E-state index < -0.39 is 11.8 Å². The lowest BCUT2D eigenvalue weighted by Crippen LogP contribution is -2.04. The van der Waals surface area contributed by atoms with Gasteiger partial charge in [0.25, 0.3) is 0 Å². The lowest BCUT2D eigenvalue weighted by atomic mass is 10.6. The molecule has 0 aromatic carbocycles. The zero-order chi connectivity index (χ0) is 12.9. The van der Waals surface area contributed by atoms with Crippen LogP contribution in [0.25, 0.3) is 0 Å². The molecule has 4 N–H and O–H groups in total. The summed E-state index contributed by atoms with van der Waals surface area (Å²) >= 11 is 0. The quantitative estimate of drug-likeness (QED) is 0.478. The third kappa shape index (κ3) is 76.9. The van der Waals surface area contributed by atoms with Crippen LogP contribution in [0.1, 0.15) is 6.92 Å². The van der Waals surface area contributed by atoms with E-state index in [2.05, 4.69) is 29.4 Å². The SMILES string of the molecule is C=CC(N)=O.C=CC(N)=O.COC(C)=O. The highest BCUT2D eigenvalue weighted by Gasteiger charge is 1.75. The van der Waals surface area contributed by atoms with Crippen molar-refractivity contribution in [3.63, 3.8) is 0 Å². The molecule has 0 saturated carbocycles. The van der Waals surface area contributed by atoms with Gasteiger partial charge in [0, 0.05) is 6.92 Å². The Morgan fingerprint density at radius 2 is 1.20 bits per heavy atom. The Morgan fingerprint density at radius 1 is 1.07 bits per heavy atom. The third-order valence-corrected chi connectivity index (χ3v) is 0.690. The highest BCUT2D eigenvalue weighted by Crippen LogP contribution is 1.60. The molecule has 0 unspecified atom stereocenters. The van der Waals surface area contributed by atoms with E-state index in [1.54, 1.807) is 0 Å². The van der Waals surface area contributed by atoms with Gasteiger partial charge in [0.15, 0.2) is 0 Å². The van der Waals surface area contributed by atoms with E-state index in [1.165, 1.54) is 14.0 Å². The van der Waals surface area contributed by atoms with Gasteiger partial charge in [-0.05, 0) is 12.2 Å². The molecule has 2 amide bonds. The van der Waals surface area contributed by atoms with Crippen molar-refractivity contribution in [3.05, 3.63) is 25.3 Å². The number of ether oxygens (including phenoxy) is 1. The molecule has 86 valence electrons. The van der Waals surface area contributed by atoms with Crippen molar-refractivity contribution < 1.29 is 19.1 Å². The zero-order valence-corrected chi connectivity index (χ0v) is 8.86. The molecule has 15 heavy (non-hydrogen) atoms. The number of carbonyl (C=O) groups is 3. The summed E-state index contributed by atoms with van der Waals surface area (Å²) in [4.78, 5) is 28.5. The fraction of sp³-hybridized carbons (Fsp3) is 0.222. The second kappa shape index (κ2) is 14.4. The zero-order valence-electron chi connectivity index (χ0n) is 8.86. The van der Waals surface area contributed by atoms with Crippen LogP contribution in [0.4, 0.5) is 0 Å². The highest BCUT2D eigenvalue weighted by molar-refractivity contribution is 5.85. The Balaban J connectivity index is -0.000000144. The summed E-state index contributed by atoms with van der Waals surface area (Å²) in [6.45, 7) is 7.53. The van der Waals surface area contributed by atoms with E-state index in [-0.39, 0.29) is 5.97 Å². The van der Waals surface area contributed by atoms with Crippen molar-refractivity contribution in [2.45, 2.75) is 6.92 Å². The van der Waals surface area contributed by atoms with E-state index in [0.29, 0.717) is 0 Å². The summed E-state index contributed by atoms with van der Waals surface area (Å²) in [5, 5.41) is 0. The van der Waals surface area contributed by atoms with E-state index in [1.807, 2.05) is 0 Å². The Morgan fingerprint density at radius 3 is 1.20 bits per heavy atom. The van der Waals surface area contributed by atoms with Gasteiger partial charge in [0.1, 0.15) is 0 Å². The average molecular weight is 216 g/mol. The first-order chi connectivity index (χ1) is 6.81. The predicted molar refractivity (Wildman–Crippen MR) is 56.5 cm³/mol. The maximum atomic E-state index is 9.59. The van der Waals surface area contributed by atoms with E-state index >= 15 is 0 Å². The summed E-state index contributed by atoms with van der Waals surface area (Å²) < 4.78 is 4.11. The van der Waals surface area contributed by atoms with Crippen LogP contribution < -0.4 is 11.5 Å². The van der Waals surface area contributed by atoms with Crippen LogP contribution in [0.3, 0.4) is 0 Å². The molecule has 6 heteroatoms. The summed E-state index contributed by atoms with van der Waals surface area (Å²) in [5.74, 6) is -1.21. The Labute approximate surface area is 88.6 Å². The molecule has 0 rings (SSSR count). The molecule has 6 nitrogen and oxygen atoms in total. The van der Waals surface area contributed by atoms with Crippen molar-refractivity contribution in [1.82, 2.24) is 0 Å². The number of rotatable bonds is 2. The minimum Gasteiger partial charge on any atom is -0.469 e. The standard InChI is InChI=1S/2C3H5NO.C3H6O2/c2*1-2-3(4)5;1-3(4)5-2/h2*2H,1H2,(H2,4,5);1-2H3. The smallest absolute Gasteiger partial charge is 0.302 e. The molecule has 0 radical (unpaired) electrons. The number of amides is 2. The van der Waals surface area contributed by atoms with Crippen LogP contribution in [0.5, 0.6) is 0 Å². The molecule has 0 atom stereocenters. The second-order valence-corrected chi connectivity index (χ2v) is 1.91. The van der Waals surface area contributed by atoms with E-state index in [9.17, 15) is 14.4 Å². The Kier molecular flexibility index (Phi) is 17.9. The van der Waals surface area contributed by atoms with Crippen LogP contribution in [0.15, 0.2) is 25.3 Å². The molecule has 0 fully saturated rings. The topological polar surface area (TPSA) is 112 Å². The van der Waals surface area contributed by atoms with Crippen molar-refractivity contribution in [1.29, 1.82) is 0 Å². The van der Waals surface area contributed by atoms with E-state index in [4.69, 9.17) is 0 Å². The van der Waals surface area contributed by atoms with E-state index in [0.717, 1.165) is 12.2 Å². The van der Waals surface area contributed by atoms with Gasteiger partial charge < -0.3 is 16.2 Å². The number of hydrogen-bond acceptors (Lipinski definition) is 4. The van der Waals surface area contributed by atoms with Gasteiger partial charge in [-0.25, -0.2) is 0 Å². The summed E-state index contributed by atoms with van der Waals surface area (Å²) in [6.07, 6.45) is 2.11. The van der Waals surface area contributed by atoms with Gasteiger partial charge >= 0.3 is 5.97 Å². The summed E-state index contributed by atoms with van der Waals surface area (Å²) in [7, 11) is 1.35. The molecule has 0 aliphatic rings. The fourth-order valence-corrected chi connectivity index (χ4v) is 0. The third-order valence-electron chi connectivity index (χ3n) is 0.690. The molecule has 0 heterocycles. The molecular formula is C9H16N2O4. The molecule has 0 spiro atoms. The number of esters is 1. The van der Waals surface area contributed by atoms with Gasteiger partial charge in [-0.3, -0.25) is 14.4 Å². The van der Waals surface area contributed by atoms with Crippen molar-refractivity contribution >= 4 is 17.8 Å². The predicted octanol–water partition coefficient (Wildman–Crippen LogP) is -0.505. The first kappa shape index (κ1) is 18.6. The molecule has 0 saturated heterocycles. The lowest BCUT2D eigenvalue weighted by Gasteiger charge is -1.80. The number of nitrogens with two attached hydrogens (primary N) is 2. The molecule has 0 aliphatic carbocycles. The van der Waals surface area contributed by atoms with Gasteiger partial charge in [-0.2, -0.15) is 0 Å². The van der Waals surface area contributed by atoms with Crippen molar-refractivity contribution in [2.75, 3.05) is 7.11 Å². The average Bonchev–Trinajstić information content (AvgIpc) is 2.19. The maximum absolute atomic E-state index is 9.59. The Bertz CT molecular complexity index is 218. The monoisotopic (exact) mass is 216 g/mol. The van der Waals surface area contributed by atoms with Crippen LogP contribution in [-0.2, 0) is 19.1 Å². The molecule has 0 aromatic heterocycles.